The summed E-state index contributed by atoms with van der Waals surface area (Å²) in [6.07, 6.45) is -0.0783. The lowest BCUT2D eigenvalue weighted by molar-refractivity contribution is -0.134. The standard InChI is InChI=1S/C33H43N5O4/c1-6-41-33-34-31(40-5)28(32(35-33)42-23(2)3)21-36-19-27-20-37(24(4)39)17-18-38(27)29(22-36)30(25-13-9-7-10-14-25)26-15-11-8-12-16-26/h7-16,23,27,29-30H,6,17-22H2,1-5H3/t27-,29+/m1/s1. The topological polar surface area (TPSA) is 80.3 Å². The predicted octanol–water partition coefficient (Wildman–Crippen LogP) is 4.22. The fraction of sp³-hybridized carbons (Fsp3) is 0.485. The number of aromatic nitrogens is 2. The second kappa shape index (κ2) is 13.5. The maximum Gasteiger partial charge on any atom is 0.323 e. The zero-order valence-electron chi connectivity index (χ0n) is 25.4. The Balaban J connectivity index is 1.54. The van der Waals surface area contributed by atoms with Gasteiger partial charge in [-0.2, -0.15) is 9.97 Å². The maximum absolute atomic E-state index is 12.5. The van der Waals surface area contributed by atoms with E-state index in [9.17, 15) is 4.79 Å². The molecular weight excluding hydrogens is 530 g/mol. The first-order valence-electron chi connectivity index (χ1n) is 15.0. The molecule has 2 fully saturated rings. The third-order valence-electron chi connectivity index (χ3n) is 8.12. The molecule has 224 valence electrons. The molecule has 3 aromatic rings. The summed E-state index contributed by atoms with van der Waals surface area (Å²) in [6.45, 7) is 12.4. The van der Waals surface area contributed by atoms with Crippen molar-refractivity contribution in [2.45, 2.75) is 58.3 Å². The minimum atomic E-state index is -0.0783. The van der Waals surface area contributed by atoms with Crippen molar-refractivity contribution in [3.8, 4) is 17.8 Å². The van der Waals surface area contributed by atoms with Gasteiger partial charge in [0.05, 0.1) is 25.4 Å². The molecule has 9 heteroatoms. The number of piperazine rings is 2. The van der Waals surface area contributed by atoms with Crippen LogP contribution in [0.5, 0.6) is 17.8 Å². The molecule has 2 aliphatic rings. The third-order valence-corrected chi connectivity index (χ3v) is 8.12. The average molecular weight is 574 g/mol. The predicted molar refractivity (Wildman–Crippen MR) is 162 cm³/mol. The molecule has 2 aromatic carbocycles. The fourth-order valence-electron chi connectivity index (χ4n) is 6.35. The van der Waals surface area contributed by atoms with Gasteiger partial charge < -0.3 is 19.1 Å². The zero-order chi connectivity index (χ0) is 29.6. The Bertz CT molecular complexity index is 1280. The monoisotopic (exact) mass is 573 g/mol. The van der Waals surface area contributed by atoms with Crippen LogP contribution in [0.2, 0.25) is 0 Å². The SMILES string of the molecule is CCOc1nc(OC)c(CN2C[C@@H]3CN(C(C)=O)CCN3[C@H](C(c3ccccc3)c3ccccc3)C2)c(OC(C)C)n1. The van der Waals surface area contributed by atoms with E-state index >= 15 is 0 Å². The van der Waals surface area contributed by atoms with Crippen LogP contribution in [-0.4, -0.2) is 95.2 Å². The van der Waals surface area contributed by atoms with Gasteiger partial charge in [-0.3, -0.25) is 14.6 Å². The Morgan fingerprint density at radius 3 is 2.14 bits per heavy atom. The van der Waals surface area contributed by atoms with Crippen LogP contribution >= 0.6 is 0 Å². The van der Waals surface area contributed by atoms with Gasteiger partial charge in [-0.1, -0.05) is 60.7 Å². The van der Waals surface area contributed by atoms with Crippen LogP contribution in [0, 0.1) is 0 Å². The molecule has 0 saturated carbocycles. The van der Waals surface area contributed by atoms with E-state index in [-0.39, 0.29) is 36.0 Å². The molecular formula is C33H43N5O4. The Hall–Kier alpha value is -3.69. The van der Waals surface area contributed by atoms with Crippen LogP contribution < -0.4 is 14.2 Å². The summed E-state index contributed by atoms with van der Waals surface area (Å²) < 4.78 is 17.6. The maximum atomic E-state index is 12.5. The highest BCUT2D eigenvalue weighted by molar-refractivity contribution is 5.73. The van der Waals surface area contributed by atoms with Crippen molar-refractivity contribution in [1.82, 2.24) is 24.7 Å². The highest BCUT2D eigenvalue weighted by atomic mass is 16.5. The van der Waals surface area contributed by atoms with Gasteiger partial charge in [-0.15, -0.1) is 0 Å². The number of carbonyl (C=O) groups is 1. The van der Waals surface area contributed by atoms with E-state index in [0.29, 0.717) is 31.5 Å². The van der Waals surface area contributed by atoms with Crippen molar-refractivity contribution in [1.29, 1.82) is 0 Å². The molecule has 9 nitrogen and oxygen atoms in total. The molecule has 0 aliphatic carbocycles. The summed E-state index contributed by atoms with van der Waals surface area (Å²) in [5.74, 6) is 1.22. The summed E-state index contributed by atoms with van der Waals surface area (Å²) in [4.78, 5) is 28.7. The molecule has 42 heavy (non-hydrogen) atoms. The molecule has 0 radical (unpaired) electrons. The van der Waals surface area contributed by atoms with Crippen LogP contribution in [0.15, 0.2) is 60.7 Å². The van der Waals surface area contributed by atoms with Crippen molar-refractivity contribution in [3.63, 3.8) is 0 Å². The van der Waals surface area contributed by atoms with Gasteiger partial charge in [0.2, 0.25) is 17.7 Å². The van der Waals surface area contributed by atoms with Crippen molar-refractivity contribution < 1.29 is 19.0 Å². The number of nitrogens with zero attached hydrogens (tertiary/aromatic N) is 5. The van der Waals surface area contributed by atoms with E-state index in [4.69, 9.17) is 14.2 Å². The summed E-state index contributed by atoms with van der Waals surface area (Å²) in [5, 5.41) is 0. The van der Waals surface area contributed by atoms with Gasteiger partial charge in [-0.25, -0.2) is 0 Å². The number of amides is 1. The van der Waals surface area contributed by atoms with Crippen molar-refractivity contribution >= 4 is 5.91 Å². The molecule has 2 atom stereocenters. The number of ether oxygens (including phenoxy) is 3. The second-order valence-electron chi connectivity index (χ2n) is 11.3. The lowest BCUT2D eigenvalue weighted by atomic mass is 9.81. The smallest absolute Gasteiger partial charge is 0.323 e. The summed E-state index contributed by atoms with van der Waals surface area (Å²) in [6, 6.07) is 22.2. The molecule has 0 unspecified atom stereocenters. The van der Waals surface area contributed by atoms with Gasteiger partial charge in [-0.05, 0) is 31.9 Å². The molecule has 3 heterocycles. The quantitative estimate of drug-likeness (QED) is 0.357. The lowest BCUT2D eigenvalue weighted by Gasteiger charge is -2.53. The summed E-state index contributed by atoms with van der Waals surface area (Å²) in [7, 11) is 1.62. The number of hydrogen-bond acceptors (Lipinski definition) is 8. The fourth-order valence-corrected chi connectivity index (χ4v) is 6.35. The van der Waals surface area contributed by atoms with Gasteiger partial charge in [0.1, 0.15) is 0 Å². The Labute approximate surface area is 249 Å². The molecule has 1 amide bonds. The first kappa shape index (κ1) is 29.8. The lowest BCUT2D eigenvalue weighted by Crippen LogP contribution is -2.67. The minimum absolute atomic E-state index is 0.0783. The van der Waals surface area contributed by atoms with Crippen molar-refractivity contribution in [2.75, 3.05) is 46.4 Å². The summed E-state index contributed by atoms with van der Waals surface area (Å²) in [5.41, 5.74) is 3.38. The molecule has 0 bridgehead atoms. The summed E-state index contributed by atoms with van der Waals surface area (Å²) >= 11 is 0. The number of hydrogen-bond donors (Lipinski definition) is 0. The number of methoxy groups -OCH3 is 1. The van der Waals surface area contributed by atoms with E-state index in [1.807, 2.05) is 25.7 Å². The number of carbonyl (C=O) groups excluding carboxylic acids is 1. The molecule has 0 N–H and O–H groups in total. The molecule has 2 saturated heterocycles. The van der Waals surface area contributed by atoms with E-state index in [1.54, 1.807) is 14.0 Å². The van der Waals surface area contributed by atoms with Crippen molar-refractivity contribution in [2.24, 2.45) is 0 Å². The zero-order valence-corrected chi connectivity index (χ0v) is 25.4. The number of fused-ring (bicyclic) bond motifs is 1. The molecule has 5 rings (SSSR count). The van der Waals surface area contributed by atoms with Gasteiger partial charge in [0, 0.05) is 64.2 Å². The minimum Gasteiger partial charge on any atom is -0.481 e. The molecule has 2 aliphatic heterocycles. The molecule has 0 spiro atoms. The first-order chi connectivity index (χ1) is 20.4. The van der Waals surface area contributed by atoms with Crippen LogP contribution in [0.25, 0.3) is 0 Å². The third kappa shape index (κ3) is 6.68. The Kier molecular flexibility index (Phi) is 9.59. The van der Waals surface area contributed by atoms with E-state index in [1.165, 1.54) is 11.1 Å². The van der Waals surface area contributed by atoms with E-state index in [0.717, 1.165) is 31.7 Å². The van der Waals surface area contributed by atoms with E-state index < -0.39 is 0 Å². The second-order valence-corrected chi connectivity index (χ2v) is 11.3. The van der Waals surface area contributed by atoms with Gasteiger partial charge in [0.15, 0.2) is 0 Å². The van der Waals surface area contributed by atoms with Gasteiger partial charge in [0.25, 0.3) is 0 Å². The van der Waals surface area contributed by atoms with E-state index in [2.05, 4.69) is 80.4 Å². The largest absolute Gasteiger partial charge is 0.481 e. The number of benzene rings is 2. The normalized spacial score (nSPS) is 19.5. The highest BCUT2D eigenvalue weighted by Gasteiger charge is 2.43. The Morgan fingerprint density at radius 2 is 1.57 bits per heavy atom. The molecule has 1 aromatic heterocycles. The van der Waals surface area contributed by atoms with Crippen LogP contribution in [-0.2, 0) is 11.3 Å². The van der Waals surface area contributed by atoms with Crippen LogP contribution in [0.1, 0.15) is 50.3 Å². The van der Waals surface area contributed by atoms with Crippen LogP contribution in [0.3, 0.4) is 0 Å². The highest BCUT2D eigenvalue weighted by Crippen LogP contribution is 2.37. The first-order valence-corrected chi connectivity index (χ1v) is 15.0. The Morgan fingerprint density at radius 1 is 0.929 bits per heavy atom. The van der Waals surface area contributed by atoms with Gasteiger partial charge >= 0.3 is 6.01 Å². The van der Waals surface area contributed by atoms with Crippen molar-refractivity contribution in [3.05, 3.63) is 77.4 Å². The van der Waals surface area contributed by atoms with Crippen LogP contribution in [0.4, 0.5) is 0 Å². The number of rotatable bonds is 10. The average Bonchev–Trinajstić information content (AvgIpc) is 2.99.